The minimum atomic E-state index is -0.505. The van der Waals surface area contributed by atoms with E-state index in [4.69, 9.17) is 11.5 Å². The van der Waals surface area contributed by atoms with Gasteiger partial charge in [-0.3, -0.25) is 4.79 Å². The predicted octanol–water partition coefficient (Wildman–Crippen LogP) is 0.282. The smallest absolute Gasteiger partial charge is 0.337 e. The zero-order valence-electron chi connectivity index (χ0n) is 9.32. The molecule has 5 nitrogen and oxygen atoms in total. The molecule has 0 aliphatic rings. The molecule has 0 spiro atoms. The summed E-state index contributed by atoms with van der Waals surface area (Å²) in [4.78, 5) is 21.8. The summed E-state index contributed by atoms with van der Waals surface area (Å²) < 4.78 is 4.57. The summed E-state index contributed by atoms with van der Waals surface area (Å²) in [7, 11) is 1.28. The maximum absolute atomic E-state index is 11.3. The molecule has 5 heteroatoms. The van der Waals surface area contributed by atoms with Crippen LogP contribution in [0.15, 0.2) is 18.2 Å². The van der Waals surface area contributed by atoms with Gasteiger partial charge < -0.3 is 16.2 Å². The predicted molar refractivity (Wildman–Crippen MR) is 62.9 cm³/mol. The van der Waals surface area contributed by atoms with Gasteiger partial charge in [-0.1, -0.05) is 11.8 Å². The third kappa shape index (κ3) is 3.87. The average molecular weight is 232 g/mol. The number of benzene rings is 1. The maximum Gasteiger partial charge on any atom is 0.337 e. The molecule has 1 aromatic rings. The summed E-state index contributed by atoms with van der Waals surface area (Å²) in [5.74, 6) is 4.28. The Morgan fingerprint density at radius 2 is 2.06 bits per heavy atom. The normalized spacial score (nSPS) is 9.00. The number of nitrogen functional groups attached to an aromatic ring is 1. The van der Waals surface area contributed by atoms with Gasteiger partial charge in [0.1, 0.15) is 0 Å². The van der Waals surface area contributed by atoms with Crippen LogP contribution in [0.25, 0.3) is 0 Å². The number of carbonyl (C=O) groups excluding carboxylic acids is 2. The number of rotatable bonds is 2. The van der Waals surface area contributed by atoms with Gasteiger partial charge in [0.15, 0.2) is 0 Å². The van der Waals surface area contributed by atoms with Crippen LogP contribution in [0.4, 0.5) is 5.69 Å². The van der Waals surface area contributed by atoms with Gasteiger partial charge in [0.25, 0.3) is 0 Å². The van der Waals surface area contributed by atoms with Crippen molar-refractivity contribution >= 4 is 17.6 Å². The largest absolute Gasteiger partial charge is 0.465 e. The summed E-state index contributed by atoms with van der Waals surface area (Å²) in [6.45, 7) is 0. The molecule has 1 amide bonds. The van der Waals surface area contributed by atoms with E-state index < -0.39 is 11.9 Å². The first-order valence-electron chi connectivity index (χ1n) is 4.79. The average Bonchev–Trinajstić information content (AvgIpc) is 2.26. The molecule has 0 saturated heterocycles. The maximum atomic E-state index is 11.3. The Morgan fingerprint density at radius 3 is 2.65 bits per heavy atom. The number of nitrogens with two attached hydrogens (primary N) is 2. The van der Waals surface area contributed by atoms with E-state index in [2.05, 4.69) is 16.6 Å². The van der Waals surface area contributed by atoms with Crippen LogP contribution in [-0.4, -0.2) is 19.0 Å². The van der Waals surface area contributed by atoms with Crippen LogP contribution in [0.3, 0.4) is 0 Å². The number of methoxy groups -OCH3 is 1. The van der Waals surface area contributed by atoms with E-state index in [1.807, 2.05) is 0 Å². The minimum Gasteiger partial charge on any atom is -0.465 e. The number of amides is 1. The molecule has 0 aliphatic carbocycles. The van der Waals surface area contributed by atoms with Gasteiger partial charge in [0.05, 0.1) is 19.1 Å². The van der Waals surface area contributed by atoms with Crippen molar-refractivity contribution in [3.63, 3.8) is 0 Å². The Hall–Kier alpha value is -2.48. The van der Waals surface area contributed by atoms with Gasteiger partial charge in [-0.2, -0.15) is 0 Å². The van der Waals surface area contributed by atoms with E-state index in [-0.39, 0.29) is 6.42 Å². The zero-order chi connectivity index (χ0) is 12.8. The van der Waals surface area contributed by atoms with Crippen molar-refractivity contribution in [2.24, 2.45) is 5.73 Å². The molecule has 88 valence electrons. The lowest BCUT2D eigenvalue weighted by Gasteiger charge is -2.01. The standard InChI is InChI=1S/C12H12N2O3/c1-17-12(16)9-5-8(6-10(13)7-9)3-2-4-11(14)15/h5-7H,4,13H2,1H3,(H2,14,15). The lowest BCUT2D eigenvalue weighted by atomic mass is 10.1. The summed E-state index contributed by atoms with van der Waals surface area (Å²) in [5, 5.41) is 0. The Bertz CT molecular complexity index is 512. The van der Waals surface area contributed by atoms with E-state index in [1.165, 1.54) is 19.2 Å². The van der Waals surface area contributed by atoms with Crippen LogP contribution in [-0.2, 0) is 9.53 Å². The third-order valence-corrected chi connectivity index (χ3v) is 1.87. The molecule has 0 heterocycles. The number of hydrogen-bond acceptors (Lipinski definition) is 4. The second-order valence-electron chi connectivity index (χ2n) is 3.28. The Labute approximate surface area is 98.7 Å². The van der Waals surface area contributed by atoms with E-state index in [9.17, 15) is 9.59 Å². The zero-order valence-corrected chi connectivity index (χ0v) is 9.32. The summed E-state index contributed by atoms with van der Waals surface area (Å²) in [6, 6.07) is 4.63. The first-order valence-corrected chi connectivity index (χ1v) is 4.79. The van der Waals surface area contributed by atoms with Crippen LogP contribution >= 0.6 is 0 Å². The number of anilines is 1. The van der Waals surface area contributed by atoms with Crippen LogP contribution in [0.5, 0.6) is 0 Å². The fraction of sp³-hybridized carbons (Fsp3) is 0.167. The van der Waals surface area contributed by atoms with Gasteiger partial charge in [0, 0.05) is 11.3 Å². The Kier molecular flexibility index (Phi) is 4.12. The topological polar surface area (TPSA) is 95.4 Å². The number of carbonyl (C=O) groups is 2. The van der Waals surface area contributed by atoms with Gasteiger partial charge in [-0.15, -0.1) is 0 Å². The lowest BCUT2D eigenvalue weighted by Crippen LogP contribution is -2.08. The molecule has 0 unspecified atom stereocenters. The monoisotopic (exact) mass is 232 g/mol. The summed E-state index contributed by atoms with van der Waals surface area (Å²) in [6.07, 6.45) is -0.0393. The van der Waals surface area contributed by atoms with Crippen molar-refractivity contribution in [1.29, 1.82) is 0 Å². The molecule has 17 heavy (non-hydrogen) atoms. The van der Waals surface area contributed by atoms with Crippen LogP contribution < -0.4 is 11.5 Å². The number of esters is 1. The van der Waals surface area contributed by atoms with Crippen molar-refractivity contribution in [2.45, 2.75) is 6.42 Å². The fourth-order valence-corrected chi connectivity index (χ4v) is 1.19. The molecule has 0 aromatic heterocycles. The van der Waals surface area contributed by atoms with E-state index >= 15 is 0 Å². The molecule has 1 aromatic carbocycles. The molecular weight excluding hydrogens is 220 g/mol. The molecular formula is C12H12N2O3. The van der Waals surface area contributed by atoms with Crippen LogP contribution in [0.2, 0.25) is 0 Å². The summed E-state index contributed by atoms with van der Waals surface area (Å²) in [5.41, 5.74) is 11.8. The summed E-state index contributed by atoms with van der Waals surface area (Å²) >= 11 is 0. The van der Waals surface area contributed by atoms with Gasteiger partial charge >= 0.3 is 5.97 Å². The number of primary amides is 1. The highest BCUT2D eigenvalue weighted by Gasteiger charge is 2.06. The SMILES string of the molecule is COC(=O)c1cc(N)cc(C#CCC(N)=O)c1. The first kappa shape index (κ1) is 12.6. The van der Waals surface area contributed by atoms with Crippen LogP contribution in [0.1, 0.15) is 22.3 Å². The van der Waals surface area contributed by atoms with Crippen molar-refractivity contribution in [2.75, 3.05) is 12.8 Å². The van der Waals surface area contributed by atoms with Crippen molar-refractivity contribution in [1.82, 2.24) is 0 Å². The quantitative estimate of drug-likeness (QED) is 0.435. The second kappa shape index (κ2) is 5.56. The second-order valence-corrected chi connectivity index (χ2v) is 3.28. The molecule has 4 N–H and O–H groups in total. The third-order valence-electron chi connectivity index (χ3n) is 1.87. The van der Waals surface area contributed by atoms with Gasteiger partial charge in [-0.05, 0) is 18.2 Å². The molecule has 0 radical (unpaired) electrons. The van der Waals surface area contributed by atoms with Crippen LogP contribution in [0, 0.1) is 11.8 Å². The van der Waals surface area contributed by atoms with E-state index in [0.29, 0.717) is 16.8 Å². The van der Waals surface area contributed by atoms with Crippen molar-refractivity contribution in [3.05, 3.63) is 29.3 Å². The van der Waals surface area contributed by atoms with Crippen molar-refractivity contribution < 1.29 is 14.3 Å². The highest BCUT2D eigenvalue weighted by Crippen LogP contribution is 2.12. The molecule has 0 fully saturated rings. The Balaban J connectivity index is 3.00. The van der Waals surface area contributed by atoms with E-state index in [0.717, 1.165) is 0 Å². The van der Waals surface area contributed by atoms with E-state index in [1.54, 1.807) is 6.07 Å². The van der Waals surface area contributed by atoms with Crippen molar-refractivity contribution in [3.8, 4) is 11.8 Å². The number of ether oxygens (including phenoxy) is 1. The molecule has 1 rings (SSSR count). The minimum absolute atomic E-state index is 0.0393. The lowest BCUT2D eigenvalue weighted by molar-refractivity contribution is -0.117. The molecule has 0 bridgehead atoms. The number of hydrogen-bond donors (Lipinski definition) is 2. The highest BCUT2D eigenvalue weighted by atomic mass is 16.5. The fourth-order valence-electron chi connectivity index (χ4n) is 1.19. The molecule has 0 aliphatic heterocycles. The molecule has 0 atom stereocenters. The van der Waals surface area contributed by atoms with Gasteiger partial charge in [-0.25, -0.2) is 4.79 Å². The first-order chi connectivity index (χ1) is 8.02. The highest BCUT2D eigenvalue weighted by molar-refractivity contribution is 5.91. The Morgan fingerprint density at radius 1 is 1.35 bits per heavy atom. The molecule has 0 saturated carbocycles. The van der Waals surface area contributed by atoms with Gasteiger partial charge in [0.2, 0.25) is 5.91 Å².